The molecule has 4 nitrogen and oxygen atoms in total. The number of hydrogen-bond donors (Lipinski definition) is 2. The van der Waals surface area contributed by atoms with Crippen molar-refractivity contribution in [2.45, 2.75) is 58.1 Å². The zero-order chi connectivity index (χ0) is 15.1. The maximum absolute atomic E-state index is 11.9. The summed E-state index contributed by atoms with van der Waals surface area (Å²) >= 11 is 0. The zero-order valence-corrected chi connectivity index (χ0v) is 13.0. The number of amides is 1. The minimum atomic E-state index is 0.0351. The van der Waals surface area contributed by atoms with Gasteiger partial charge in [-0.2, -0.15) is 0 Å². The largest absolute Gasteiger partial charge is 0.490 e. The molecule has 2 N–H and O–H groups in total. The normalized spacial score (nSPS) is 16.7. The first kappa shape index (κ1) is 15.8. The topological polar surface area (TPSA) is 50.4 Å². The molecule has 1 aromatic carbocycles. The predicted octanol–water partition coefficient (Wildman–Crippen LogP) is 3.33. The SMILES string of the molecule is CCNC(C)CC(=O)Nc1ccc(OC2CCCC2)cc1. The van der Waals surface area contributed by atoms with Crippen molar-refractivity contribution in [1.29, 1.82) is 0 Å². The minimum absolute atomic E-state index is 0.0351. The van der Waals surface area contributed by atoms with E-state index in [1.165, 1.54) is 12.8 Å². The Morgan fingerprint density at radius 3 is 2.57 bits per heavy atom. The molecule has 0 radical (unpaired) electrons. The van der Waals surface area contributed by atoms with Gasteiger partial charge < -0.3 is 15.4 Å². The number of nitrogens with one attached hydrogen (secondary N) is 2. The highest BCUT2D eigenvalue weighted by molar-refractivity contribution is 5.91. The van der Waals surface area contributed by atoms with Crippen LogP contribution in [0.4, 0.5) is 5.69 Å². The number of carbonyl (C=O) groups excluding carboxylic acids is 1. The third-order valence-corrected chi connectivity index (χ3v) is 3.79. The Morgan fingerprint density at radius 1 is 1.29 bits per heavy atom. The first-order chi connectivity index (χ1) is 10.2. The fraction of sp³-hybridized carbons (Fsp3) is 0.588. The monoisotopic (exact) mass is 290 g/mol. The number of hydrogen-bond acceptors (Lipinski definition) is 3. The maximum Gasteiger partial charge on any atom is 0.225 e. The number of anilines is 1. The predicted molar refractivity (Wildman–Crippen MR) is 85.7 cm³/mol. The summed E-state index contributed by atoms with van der Waals surface area (Å²) in [6.07, 6.45) is 5.69. The van der Waals surface area contributed by atoms with Gasteiger partial charge in [0.1, 0.15) is 5.75 Å². The molecule has 1 atom stereocenters. The molecule has 1 aromatic rings. The molecule has 0 heterocycles. The van der Waals surface area contributed by atoms with Gasteiger partial charge in [0.2, 0.25) is 5.91 Å². The highest BCUT2D eigenvalue weighted by atomic mass is 16.5. The molecule has 116 valence electrons. The van der Waals surface area contributed by atoms with E-state index in [0.717, 1.165) is 30.8 Å². The van der Waals surface area contributed by atoms with E-state index in [0.29, 0.717) is 12.5 Å². The fourth-order valence-electron chi connectivity index (χ4n) is 2.73. The quantitative estimate of drug-likeness (QED) is 0.810. The lowest BCUT2D eigenvalue weighted by molar-refractivity contribution is -0.116. The molecule has 0 aromatic heterocycles. The molecule has 0 aliphatic heterocycles. The smallest absolute Gasteiger partial charge is 0.225 e. The van der Waals surface area contributed by atoms with Crippen LogP contribution in [-0.2, 0) is 4.79 Å². The second-order valence-corrected chi connectivity index (χ2v) is 5.76. The lowest BCUT2D eigenvalue weighted by atomic mass is 10.2. The molecule has 21 heavy (non-hydrogen) atoms. The Kier molecular flexibility index (Phi) is 6.05. The summed E-state index contributed by atoms with van der Waals surface area (Å²) in [7, 11) is 0. The van der Waals surface area contributed by atoms with Crippen LogP contribution in [0.25, 0.3) is 0 Å². The van der Waals surface area contributed by atoms with Crippen molar-refractivity contribution in [3.05, 3.63) is 24.3 Å². The third kappa shape index (κ3) is 5.38. The second kappa shape index (κ2) is 8.03. The molecule has 1 aliphatic carbocycles. The first-order valence-electron chi connectivity index (χ1n) is 7.97. The molecule has 0 spiro atoms. The van der Waals surface area contributed by atoms with E-state index in [2.05, 4.69) is 10.6 Å². The average molecular weight is 290 g/mol. The highest BCUT2D eigenvalue weighted by Crippen LogP contribution is 2.25. The van der Waals surface area contributed by atoms with Crippen LogP contribution in [0.3, 0.4) is 0 Å². The minimum Gasteiger partial charge on any atom is -0.490 e. The van der Waals surface area contributed by atoms with E-state index in [9.17, 15) is 4.79 Å². The summed E-state index contributed by atoms with van der Waals surface area (Å²) < 4.78 is 5.91. The van der Waals surface area contributed by atoms with E-state index in [4.69, 9.17) is 4.74 Å². The molecule has 4 heteroatoms. The van der Waals surface area contributed by atoms with Gasteiger partial charge in [-0.1, -0.05) is 6.92 Å². The van der Waals surface area contributed by atoms with Gasteiger partial charge in [0, 0.05) is 18.2 Å². The maximum atomic E-state index is 11.9. The molecular formula is C17H26N2O2. The molecule has 1 unspecified atom stereocenters. The number of rotatable bonds is 7. The molecule has 0 saturated heterocycles. The van der Waals surface area contributed by atoms with Crippen molar-refractivity contribution in [1.82, 2.24) is 5.32 Å². The molecule has 1 amide bonds. The van der Waals surface area contributed by atoms with Crippen LogP contribution in [0.5, 0.6) is 5.75 Å². The van der Waals surface area contributed by atoms with Gasteiger partial charge in [0.15, 0.2) is 0 Å². The summed E-state index contributed by atoms with van der Waals surface area (Å²) in [6, 6.07) is 7.86. The van der Waals surface area contributed by atoms with Crippen molar-refractivity contribution in [3.63, 3.8) is 0 Å². The van der Waals surface area contributed by atoms with Gasteiger partial charge in [-0.15, -0.1) is 0 Å². The molecule has 1 saturated carbocycles. The van der Waals surface area contributed by atoms with Gasteiger partial charge in [0.05, 0.1) is 6.10 Å². The lowest BCUT2D eigenvalue weighted by Gasteiger charge is -2.14. The lowest BCUT2D eigenvalue weighted by Crippen LogP contribution is -2.30. The summed E-state index contributed by atoms with van der Waals surface area (Å²) in [5, 5.41) is 6.15. The van der Waals surface area contributed by atoms with Crippen LogP contribution in [0, 0.1) is 0 Å². The molecule has 2 rings (SSSR count). The Morgan fingerprint density at radius 2 is 1.95 bits per heavy atom. The molecule has 1 aliphatic rings. The summed E-state index contributed by atoms with van der Waals surface area (Å²) in [5.74, 6) is 0.925. The Bertz CT molecular complexity index is 439. The summed E-state index contributed by atoms with van der Waals surface area (Å²) in [6.45, 7) is 4.93. The van der Waals surface area contributed by atoms with Crippen molar-refractivity contribution < 1.29 is 9.53 Å². The summed E-state index contributed by atoms with van der Waals surface area (Å²) in [5.41, 5.74) is 0.822. The van der Waals surface area contributed by atoms with Crippen LogP contribution in [0.2, 0.25) is 0 Å². The van der Waals surface area contributed by atoms with Crippen LogP contribution in [0.15, 0.2) is 24.3 Å². The third-order valence-electron chi connectivity index (χ3n) is 3.79. The van der Waals surface area contributed by atoms with Crippen molar-refractivity contribution in [2.24, 2.45) is 0 Å². The van der Waals surface area contributed by atoms with Gasteiger partial charge >= 0.3 is 0 Å². The van der Waals surface area contributed by atoms with Crippen molar-refractivity contribution >= 4 is 11.6 Å². The number of carbonyl (C=O) groups is 1. The van der Waals surface area contributed by atoms with Crippen LogP contribution >= 0.6 is 0 Å². The van der Waals surface area contributed by atoms with E-state index >= 15 is 0 Å². The molecule has 1 fully saturated rings. The van der Waals surface area contributed by atoms with Crippen LogP contribution < -0.4 is 15.4 Å². The average Bonchev–Trinajstić information content (AvgIpc) is 2.94. The van der Waals surface area contributed by atoms with Crippen LogP contribution in [-0.4, -0.2) is 24.6 Å². The van der Waals surface area contributed by atoms with Gasteiger partial charge in [-0.3, -0.25) is 4.79 Å². The van der Waals surface area contributed by atoms with E-state index < -0.39 is 0 Å². The zero-order valence-electron chi connectivity index (χ0n) is 13.0. The van der Waals surface area contributed by atoms with Gasteiger partial charge in [0.25, 0.3) is 0 Å². The second-order valence-electron chi connectivity index (χ2n) is 5.76. The Balaban J connectivity index is 1.79. The Hall–Kier alpha value is -1.55. The van der Waals surface area contributed by atoms with E-state index in [1.807, 2.05) is 38.1 Å². The first-order valence-corrected chi connectivity index (χ1v) is 7.97. The van der Waals surface area contributed by atoms with E-state index in [-0.39, 0.29) is 11.9 Å². The number of ether oxygens (including phenoxy) is 1. The standard InChI is InChI=1S/C17H26N2O2/c1-3-18-13(2)12-17(20)19-14-8-10-16(11-9-14)21-15-6-4-5-7-15/h8-11,13,15,18H,3-7,12H2,1-2H3,(H,19,20). The number of benzene rings is 1. The van der Waals surface area contributed by atoms with Gasteiger partial charge in [-0.05, 0) is 63.4 Å². The van der Waals surface area contributed by atoms with Crippen molar-refractivity contribution in [3.8, 4) is 5.75 Å². The van der Waals surface area contributed by atoms with Gasteiger partial charge in [-0.25, -0.2) is 0 Å². The highest BCUT2D eigenvalue weighted by Gasteiger charge is 2.16. The summed E-state index contributed by atoms with van der Waals surface area (Å²) in [4.78, 5) is 11.9. The van der Waals surface area contributed by atoms with Crippen LogP contribution in [0.1, 0.15) is 46.0 Å². The Labute approximate surface area is 127 Å². The molecular weight excluding hydrogens is 264 g/mol. The fourth-order valence-corrected chi connectivity index (χ4v) is 2.73. The molecule has 0 bridgehead atoms. The van der Waals surface area contributed by atoms with E-state index in [1.54, 1.807) is 0 Å². The van der Waals surface area contributed by atoms with Crippen molar-refractivity contribution in [2.75, 3.05) is 11.9 Å².